The first kappa shape index (κ1) is 9.52. The zero-order valence-corrected chi connectivity index (χ0v) is 8.83. The molecule has 2 N–H and O–H groups in total. The molecule has 1 aliphatic heterocycles. The van der Waals surface area contributed by atoms with Gasteiger partial charge in [-0.25, -0.2) is 0 Å². The summed E-state index contributed by atoms with van der Waals surface area (Å²) in [4.78, 5) is 0. The Bertz CT molecular complexity index is 294. The summed E-state index contributed by atoms with van der Waals surface area (Å²) in [5.41, 5.74) is 1.12. The molecule has 0 radical (unpaired) electrons. The topological polar surface area (TPSA) is 41.9 Å². The lowest BCUT2D eigenvalue weighted by molar-refractivity contribution is 0.475. The Morgan fingerprint density at radius 3 is 3.07 bits per heavy atom. The molecule has 0 saturated carbocycles. The average molecular weight is 194 g/mol. The molecule has 0 bridgehead atoms. The molecule has 1 aromatic rings. The van der Waals surface area contributed by atoms with Gasteiger partial charge in [0.2, 0.25) is 0 Å². The van der Waals surface area contributed by atoms with Gasteiger partial charge in [0.15, 0.2) is 0 Å². The van der Waals surface area contributed by atoms with E-state index in [0.29, 0.717) is 0 Å². The van der Waals surface area contributed by atoms with Crippen molar-refractivity contribution >= 4 is 5.69 Å². The molecule has 1 aliphatic rings. The normalized spacial score (nSPS) is 26.7. The summed E-state index contributed by atoms with van der Waals surface area (Å²) >= 11 is 0. The van der Waals surface area contributed by atoms with E-state index in [1.807, 2.05) is 24.1 Å². The first-order valence-corrected chi connectivity index (χ1v) is 5.19. The van der Waals surface area contributed by atoms with Crippen LogP contribution in [0.25, 0.3) is 0 Å². The summed E-state index contributed by atoms with van der Waals surface area (Å²) in [5, 5.41) is 10.9. The van der Waals surface area contributed by atoms with E-state index in [1.165, 1.54) is 0 Å². The predicted octanol–water partition coefficient (Wildman–Crippen LogP) is 0.687. The number of rotatable bonds is 3. The Balaban J connectivity index is 1.82. The lowest BCUT2D eigenvalue weighted by Gasteiger charge is -2.14. The van der Waals surface area contributed by atoms with Crippen molar-refractivity contribution in [2.75, 3.05) is 25.0 Å². The van der Waals surface area contributed by atoms with Gasteiger partial charge in [-0.3, -0.25) is 4.68 Å². The molecule has 0 spiro atoms. The molecule has 0 aliphatic carbocycles. The van der Waals surface area contributed by atoms with Crippen LogP contribution in [0.3, 0.4) is 0 Å². The minimum Gasteiger partial charge on any atom is -0.382 e. The molecule has 4 nitrogen and oxygen atoms in total. The van der Waals surface area contributed by atoms with Crippen molar-refractivity contribution in [3.63, 3.8) is 0 Å². The summed E-state index contributed by atoms with van der Waals surface area (Å²) in [5.74, 6) is 1.52. The van der Waals surface area contributed by atoms with Crippen LogP contribution in [0, 0.1) is 11.8 Å². The smallest absolute Gasteiger partial charge is 0.0726 e. The zero-order chi connectivity index (χ0) is 9.97. The van der Waals surface area contributed by atoms with Crippen LogP contribution in [0.4, 0.5) is 5.69 Å². The first-order chi connectivity index (χ1) is 6.75. The molecule has 4 heteroatoms. The van der Waals surface area contributed by atoms with Gasteiger partial charge in [0.05, 0.1) is 11.9 Å². The van der Waals surface area contributed by atoms with E-state index in [4.69, 9.17) is 0 Å². The minimum atomic E-state index is 0.746. The molecule has 1 saturated heterocycles. The lowest BCUT2D eigenvalue weighted by Crippen LogP contribution is -2.20. The van der Waals surface area contributed by atoms with Gasteiger partial charge in [-0.1, -0.05) is 6.92 Å². The number of nitrogens with zero attached hydrogens (tertiary/aromatic N) is 2. The summed E-state index contributed by atoms with van der Waals surface area (Å²) in [7, 11) is 1.94. The van der Waals surface area contributed by atoms with Gasteiger partial charge in [-0.05, 0) is 24.9 Å². The Labute approximate surface area is 84.7 Å². The summed E-state index contributed by atoms with van der Waals surface area (Å²) in [6.07, 6.45) is 3.88. The second-order valence-electron chi connectivity index (χ2n) is 4.18. The standard InChI is InChI=1S/C10H18N4/c1-8-3-11-4-9(8)5-12-10-6-13-14(2)7-10/h6-9,11-12H,3-5H2,1-2H3. The number of hydrogen-bond donors (Lipinski definition) is 2. The number of aromatic nitrogens is 2. The fraction of sp³-hybridized carbons (Fsp3) is 0.700. The number of anilines is 1. The van der Waals surface area contributed by atoms with Crippen molar-refractivity contribution < 1.29 is 0 Å². The highest BCUT2D eigenvalue weighted by molar-refractivity contribution is 5.37. The van der Waals surface area contributed by atoms with E-state index in [2.05, 4.69) is 22.7 Å². The summed E-state index contributed by atoms with van der Waals surface area (Å²) < 4.78 is 1.82. The van der Waals surface area contributed by atoms with Crippen LogP contribution in [0.1, 0.15) is 6.92 Å². The molecule has 1 fully saturated rings. The highest BCUT2D eigenvalue weighted by Crippen LogP contribution is 2.16. The average Bonchev–Trinajstić information content (AvgIpc) is 2.72. The van der Waals surface area contributed by atoms with Crippen molar-refractivity contribution in [1.82, 2.24) is 15.1 Å². The van der Waals surface area contributed by atoms with Gasteiger partial charge in [-0.15, -0.1) is 0 Å². The van der Waals surface area contributed by atoms with Gasteiger partial charge in [0.1, 0.15) is 0 Å². The SMILES string of the molecule is CC1CNCC1CNc1cnn(C)c1. The van der Waals surface area contributed by atoms with Gasteiger partial charge in [-0.2, -0.15) is 5.10 Å². The van der Waals surface area contributed by atoms with Crippen LogP contribution < -0.4 is 10.6 Å². The summed E-state index contributed by atoms with van der Waals surface area (Å²) in [6.45, 7) is 5.63. The van der Waals surface area contributed by atoms with E-state index >= 15 is 0 Å². The first-order valence-electron chi connectivity index (χ1n) is 5.19. The van der Waals surface area contributed by atoms with E-state index in [9.17, 15) is 0 Å². The molecular weight excluding hydrogens is 176 g/mol. The second-order valence-corrected chi connectivity index (χ2v) is 4.18. The van der Waals surface area contributed by atoms with Crippen molar-refractivity contribution in [2.45, 2.75) is 6.92 Å². The third-order valence-corrected chi connectivity index (χ3v) is 2.95. The van der Waals surface area contributed by atoms with Crippen molar-refractivity contribution in [1.29, 1.82) is 0 Å². The van der Waals surface area contributed by atoms with Crippen LogP contribution in [0.2, 0.25) is 0 Å². The van der Waals surface area contributed by atoms with Gasteiger partial charge < -0.3 is 10.6 Å². The van der Waals surface area contributed by atoms with Gasteiger partial charge in [0.25, 0.3) is 0 Å². The minimum absolute atomic E-state index is 0.746. The maximum absolute atomic E-state index is 4.12. The Morgan fingerprint density at radius 1 is 1.64 bits per heavy atom. The molecule has 2 atom stereocenters. The van der Waals surface area contributed by atoms with Crippen LogP contribution in [0.15, 0.2) is 12.4 Å². The maximum Gasteiger partial charge on any atom is 0.0726 e. The largest absolute Gasteiger partial charge is 0.382 e. The number of nitrogens with one attached hydrogen (secondary N) is 2. The Morgan fingerprint density at radius 2 is 2.50 bits per heavy atom. The highest BCUT2D eigenvalue weighted by atomic mass is 15.3. The molecule has 78 valence electrons. The monoisotopic (exact) mass is 194 g/mol. The molecule has 0 amide bonds. The molecule has 2 rings (SSSR count). The fourth-order valence-corrected chi connectivity index (χ4v) is 1.90. The Kier molecular flexibility index (Phi) is 2.72. The van der Waals surface area contributed by atoms with Gasteiger partial charge in [0, 0.05) is 19.8 Å². The molecule has 2 unspecified atom stereocenters. The van der Waals surface area contributed by atoms with E-state index in [1.54, 1.807) is 0 Å². The van der Waals surface area contributed by atoms with Crippen molar-refractivity contribution in [3.05, 3.63) is 12.4 Å². The molecule has 0 aromatic carbocycles. The van der Waals surface area contributed by atoms with Crippen LogP contribution in [-0.4, -0.2) is 29.4 Å². The zero-order valence-electron chi connectivity index (χ0n) is 8.83. The highest BCUT2D eigenvalue weighted by Gasteiger charge is 2.22. The molecule has 2 heterocycles. The van der Waals surface area contributed by atoms with E-state index < -0.39 is 0 Å². The predicted molar refractivity (Wildman–Crippen MR) is 57.2 cm³/mol. The van der Waals surface area contributed by atoms with Crippen LogP contribution in [0.5, 0.6) is 0 Å². The third kappa shape index (κ3) is 2.07. The van der Waals surface area contributed by atoms with E-state index in [0.717, 1.165) is 37.2 Å². The Hall–Kier alpha value is -1.03. The lowest BCUT2D eigenvalue weighted by atomic mass is 9.98. The van der Waals surface area contributed by atoms with Gasteiger partial charge >= 0.3 is 0 Å². The maximum atomic E-state index is 4.12. The van der Waals surface area contributed by atoms with Crippen LogP contribution in [-0.2, 0) is 7.05 Å². The third-order valence-electron chi connectivity index (χ3n) is 2.95. The number of hydrogen-bond acceptors (Lipinski definition) is 3. The number of aryl methyl sites for hydroxylation is 1. The summed E-state index contributed by atoms with van der Waals surface area (Å²) in [6, 6.07) is 0. The fourth-order valence-electron chi connectivity index (χ4n) is 1.90. The van der Waals surface area contributed by atoms with E-state index in [-0.39, 0.29) is 0 Å². The second kappa shape index (κ2) is 4.00. The van der Waals surface area contributed by atoms with Crippen LogP contribution >= 0.6 is 0 Å². The molecular formula is C10H18N4. The molecule has 1 aromatic heterocycles. The molecule has 14 heavy (non-hydrogen) atoms. The quantitative estimate of drug-likeness (QED) is 0.744. The van der Waals surface area contributed by atoms with Crippen molar-refractivity contribution in [2.24, 2.45) is 18.9 Å². The van der Waals surface area contributed by atoms with Crippen molar-refractivity contribution in [3.8, 4) is 0 Å².